The minimum atomic E-state index is -0.0328. The van der Waals surface area contributed by atoms with Crippen molar-refractivity contribution in [2.24, 2.45) is 0 Å². The van der Waals surface area contributed by atoms with Gasteiger partial charge in [-0.3, -0.25) is 4.79 Å². The summed E-state index contributed by atoms with van der Waals surface area (Å²) >= 11 is 0. The number of nitrogens with zero attached hydrogens (tertiary/aromatic N) is 5. The van der Waals surface area contributed by atoms with Gasteiger partial charge >= 0.3 is 0 Å². The Morgan fingerprint density at radius 3 is 2.35 bits per heavy atom. The van der Waals surface area contributed by atoms with Crippen molar-refractivity contribution >= 4 is 23.1 Å². The number of likely N-dealkylation sites (N-methyl/N-ethyl adjacent to an activating group) is 1. The van der Waals surface area contributed by atoms with Gasteiger partial charge in [-0.2, -0.15) is 0 Å². The number of amides is 1. The number of anilines is 3. The lowest BCUT2D eigenvalue weighted by Gasteiger charge is -2.32. The van der Waals surface area contributed by atoms with E-state index in [-0.39, 0.29) is 5.91 Å². The summed E-state index contributed by atoms with van der Waals surface area (Å²) < 4.78 is 0. The molecule has 1 aliphatic heterocycles. The van der Waals surface area contributed by atoms with Crippen LogP contribution in [0.25, 0.3) is 0 Å². The maximum Gasteiger partial charge on any atom is 0.272 e. The lowest BCUT2D eigenvalue weighted by molar-refractivity contribution is 0.0658. The van der Waals surface area contributed by atoms with Gasteiger partial charge in [0.15, 0.2) is 0 Å². The Balaban J connectivity index is 1.75. The van der Waals surface area contributed by atoms with Crippen LogP contribution in [-0.2, 0) is 0 Å². The fourth-order valence-electron chi connectivity index (χ4n) is 2.90. The molecule has 0 unspecified atom stereocenters. The highest BCUT2D eigenvalue weighted by Crippen LogP contribution is 2.20. The molecule has 1 aliphatic rings. The van der Waals surface area contributed by atoms with Crippen LogP contribution in [0.3, 0.4) is 0 Å². The molecule has 0 saturated carbocycles. The molecule has 0 aliphatic carbocycles. The third-order valence-corrected chi connectivity index (χ3v) is 4.50. The van der Waals surface area contributed by atoms with Gasteiger partial charge in [0.25, 0.3) is 5.91 Å². The number of rotatable bonds is 4. The van der Waals surface area contributed by atoms with E-state index in [0.717, 1.165) is 37.6 Å². The molecule has 26 heavy (non-hydrogen) atoms. The Morgan fingerprint density at radius 1 is 1.08 bits per heavy atom. The molecule has 1 aromatic carbocycles. The Hall–Kier alpha value is -2.67. The lowest BCUT2D eigenvalue weighted by atomic mass is 10.2. The number of aryl methyl sites for hydroxylation is 1. The molecule has 1 aromatic heterocycles. The standard InChI is InChI=1S/C19H26N6O/c1-14-20-17(19(26)25-11-9-24(4)10-12-25)13-18(21-14)22-15-5-7-16(8-6-15)23(2)3/h5-8,13H,9-12H2,1-4H3,(H,20,21,22). The highest BCUT2D eigenvalue weighted by atomic mass is 16.2. The van der Waals surface area contributed by atoms with E-state index in [1.807, 2.05) is 48.2 Å². The van der Waals surface area contributed by atoms with Gasteiger partial charge in [-0.05, 0) is 38.2 Å². The van der Waals surface area contributed by atoms with E-state index in [0.29, 0.717) is 17.3 Å². The summed E-state index contributed by atoms with van der Waals surface area (Å²) in [5, 5.41) is 3.27. The molecule has 1 saturated heterocycles. The second kappa shape index (κ2) is 7.70. The molecule has 2 heterocycles. The normalized spacial score (nSPS) is 15.0. The van der Waals surface area contributed by atoms with E-state index in [1.54, 1.807) is 13.0 Å². The third kappa shape index (κ3) is 4.29. The van der Waals surface area contributed by atoms with Crippen molar-refractivity contribution in [1.29, 1.82) is 0 Å². The molecule has 1 amide bonds. The SMILES string of the molecule is Cc1nc(Nc2ccc(N(C)C)cc2)cc(C(=O)N2CCN(C)CC2)n1. The highest BCUT2D eigenvalue weighted by molar-refractivity contribution is 5.93. The second-order valence-electron chi connectivity index (χ2n) is 6.85. The topological polar surface area (TPSA) is 64.6 Å². The summed E-state index contributed by atoms with van der Waals surface area (Å²) in [6.07, 6.45) is 0. The maximum atomic E-state index is 12.8. The predicted octanol–water partition coefficient (Wildman–Crippen LogP) is 1.98. The number of hydrogen-bond acceptors (Lipinski definition) is 6. The predicted molar refractivity (Wildman–Crippen MR) is 104 cm³/mol. The average molecular weight is 354 g/mol. The Labute approximate surface area is 154 Å². The molecule has 2 aromatic rings. The van der Waals surface area contributed by atoms with Crippen LogP contribution < -0.4 is 10.2 Å². The van der Waals surface area contributed by atoms with Crippen molar-refractivity contribution in [3.63, 3.8) is 0 Å². The van der Waals surface area contributed by atoms with Crippen molar-refractivity contribution in [1.82, 2.24) is 19.8 Å². The van der Waals surface area contributed by atoms with Crippen molar-refractivity contribution < 1.29 is 4.79 Å². The van der Waals surface area contributed by atoms with E-state index in [2.05, 4.69) is 27.2 Å². The number of nitrogens with one attached hydrogen (secondary N) is 1. The molecule has 3 rings (SSSR count). The second-order valence-corrected chi connectivity index (χ2v) is 6.85. The Morgan fingerprint density at radius 2 is 1.73 bits per heavy atom. The van der Waals surface area contributed by atoms with Crippen molar-refractivity contribution in [3.05, 3.63) is 41.9 Å². The average Bonchev–Trinajstić information content (AvgIpc) is 2.61. The molecule has 7 nitrogen and oxygen atoms in total. The summed E-state index contributed by atoms with van der Waals surface area (Å²) in [4.78, 5) is 27.7. The van der Waals surface area contributed by atoms with E-state index < -0.39 is 0 Å². The zero-order valence-corrected chi connectivity index (χ0v) is 15.9. The molecule has 0 spiro atoms. The van der Waals surface area contributed by atoms with Crippen LogP contribution in [0.5, 0.6) is 0 Å². The van der Waals surface area contributed by atoms with Crippen molar-refractivity contribution in [3.8, 4) is 0 Å². The van der Waals surface area contributed by atoms with E-state index in [1.165, 1.54) is 0 Å². The summed E-state index contributed by atoms with van der Waals surface area (Å²) in [7, 11) is 6.08. The van der Waals surface area contributed by atoms with Gasteiger partial charge < -0.3 is 20.0 Å². The lowest BCUT2D eigenvalue weighted by Crippen LogP contribution is -2.47. The smallest absolute Gasteiger partial charge is 0.272 e. The van der Waals surface area contributed by atoms with Gasteiger partial charge in [0, 0.05) is 57.7 Å². The first kappa shape index (κ1) is 18.1. The van der Waals surface area contributed by atoms with Gasteiger partial charge in [0.05, 0.1) is 0 Å². The first-order valence-electron chi connectivity index (χ1n) is 8.80. The van der Waals surface area contributed by atoms with Crippen molar-refractivity contribution in [2.45, 2.75) is 6.92 Å². The fraction of sp³-hybridized carbons (Fsp3) is 0.421. The van der Waals surface area contributed by atoms with Crippen LogP contribution in [0.15, 0.2) is 30.3 Å². The van der Waals surface area contributed by atoms with E-state index in [9.17, 15) is 4.79 Å². The van der Waals surface area contributed by atoms with Gasteiger partial charge in [0.2, 0.25) is 0 Å². The third-order valence-electron chi connectivity index (χ3n) is 4.50. The zero-order valence-electron chi connectivity index (χ0n) is 15.9. The molecule has 0 radical (unpaired) electrons. The first-order valence-corrected chi connectivity index (χ1v) is 8.80. The largest absolute Gasteiger partial charge is 0.378 e. The van der Waals surface area contributed by atoms with Crippen LogP contribution in [0.1, 0.15) is 16.3 Å². The molecule has 1 N–H and O–H groups in total. The number of carbonyl (C=O) groups excluding carboxylic acids is 1. The fourth-order valence-corrected chi connectivity index (χ4v) is 2.90. The van der Waals surface area contributed by atoms with Crippen LogP contribution in [0, 0.1) is 6.92 Å². The number of benzene rings is 1. The molecule has 1 fully saturated rings. The van der Waals surface area contributed by atoms with Crippen LogP contribution in [0.2, 0.25) is 0 Å². The van der Waals surface area contributed by atoms with E-state index in [4.69, 9.17) is 0 Å². The molecule has 7 heteroatoms. The number of aromatic nitrogens is 2. The minimum absolute atomic E-state index is 0.0328. The zero-order chi connectivity index (χ0) is 18.7. The number of carbonyl (C=O) groups is 1. The quantitative estimate of drug-likeness (QED) is 0.906. The molecule has 0 bridgehead atoms. The van der Waals surface area contributed by atoms with Crippen LogP contribution in [-0.4, -0.2) is 73.0 Å². The monoisotopic (exact) mass is 354 g/mol. The first-order chi connectivity index (χ1) is 12.4. The highest BCUT2D eigenvalue weighted by Gasteiger charge is 2.22. The Kier molecular flexibility index (Phi) is 5.37. The summed E-state index contributed by atoms with van der Waals surface area (Å²) in [6.45, 7) is 5.04. The Bertz CT molecular complexity index is 766. The number of hydrogen-bond donors (Lipinski definition) is 1. The molecular formula is C19H26N6O. The maximum absolute atomic E-state index is 12.8. The summed E-state index contributed by atoms with van der Waals surface area (Å²) in [5.41, 5.74) is 2.49. The van der Waals surface area contributed by atoms with Gasteiger partial charge in [-0.1, -0.05) is 0 Å². The summed E-state index contributed by atoms with van der Waals surface area (Å²) in [5.74, 6) is 1.18. The van der Waals surface area contributed by atoms with Crippen LogP contribution in [0.4, 0.5) is 17.2 Å². The number of piperazine rings is 1. The molecule has 138 valence electrons. The molecule has 0 atom stereocenters. The van der Waals surface area contributed by atoms with Crippen molar-refractivity contribution in [2.75, 3.05) is 57.5 Å². The van der Waals surface area contributed by atoms with Gasteiger partial charge in [0.1, 0.15) is 17.3 Å². The van der Waals surface area contributed by atoms with Gasteiger partial charge in [-0.15, -0.1) is 0 Å². The minimum Gasteiger partial charge on any atom is -0.378 e. The van der Waals surface area contributed by atoms with E-state index >= 15 is 0 Å². The van der Waals surface area contributed by atoms with Crippen LogP contribution >= 0.6 is 0 Å². The molecular weight excluding hydrogens is 328 g/mol. The summed E-state index contributed by atoms with van der Waals surface area (Å²) in [6, 6.07) is 9.79. The van der Waals surface area contributed by atoms with Gasteiger partial charge in [-0.25, -0.2) is 9.97 Å².